The maximum absolute atomic E-state index is 13.1. The first-order valence-corrected chi connectivity index (χ1v) is 10.1. The van der Waals surface area contributed by atoms with E-state index in [1.807, 2.05) is 48.8 Å². The van der Waals surface area contributed by atoms with Crippen LogP contribution in [0.25, 0.3) is 28.2 Å². The topological polar surface area (TPSA) is 126 Å². The number of aliphatic imine (C=N–C) groups is 1. The van der Waals surface area contributed by atoms with Crippen molar-refractivity contribution in [3.8, 4) is 11.3 Å². The third-order valence-electron chi connectivity index (χ3n) is 5.50. The number of nitrogens with one attached hydrogen (secondary N) is 2. The van der Waals surface area contributed by atoms with Gasteiger partial charge < -0.3 is 16.5 Å². The third-order valence-corrected chi connectivity index (χ3v) is 5.50. The lowest BCUT2D eigenvalue weighted by Gasteiger charge is -2.09. The van der Waals surface area contributed by atoms with Crippen molar-refractivity contribution in [1.29, 1.82) is 0 Å². The number of carbonyl (C=O) groups excluding carboxylic acids is 1. The summed E-state index contributed by atoms with van der Waals surface area (Å²) in [5.74, 6) is 0.953. The molecule has 0 fully saturated rings. The minimum absolute atomic E-state index is 0.0294. The van der Waals surface area contributed by atoms with Crippen LogP contribution >= 0.6 is 0 Å². The largest absolute Gasteiger partial charge is 0.370 e. The molecule has 0 radical (unpaired) electrons. The monoisotopic (exact) mass is 404 g/mol. The molecule has 0 bridgehead atoms. The zero-order valence-electron chi connectivity index (χ0n) is 17.1. The van der Waals surface area contributed by atoms with Crippen molar-refractivity contribution in [1.82, 2.24) is 9.97 Å². The van der Waals surface area contributed by atoms with Crippen LogP contribution in [-0.4, -0.2) is 34.4 Å². The van der Waals surface area contributed by atoms with Gasteiger partial charge in [0.05, 0.1) is 6.54 Å². The summed E-state index contributed by atoms with van der Waals surface area (Å²) in [6, 6.07) is 7.75. The van der Waals surface area contributed by atoms with Crippen LogP contribution in [0, 0.1) is 5.92 Å². The van der Waals surface area contributed by atoms with E-state index in [9.17, 15) is 4.79 Å². The van der Waals surface area contributed by atoms with Gasteiger partial charge in [-0.15, -0.1) is 0 Å². The molecule has 1 aliphatic rings. The number of aromatic nitrogens is 3. The first-order valence-electron chi connectivity index (χ1n) is 10.1. The fraction of sp³-hybridized carbons (Fsp3) is 0.273. The van der Waals surface area contributed by atoms with Crippen molar-refractivity contribution in [2.24, 2.45) is 22.4 Å². The van der Waals surface area contributed by atoms with Crippen LogP contribution in [0.5, 0.6) is 0 Å². The molecule has 30 heavy (non-hydrogen) atoms. The van der Waals surface area contributed by atoms with Crippen LogP contribution in [0.4, 0.5) is 5.82 Å². The molecule has 8 heteroatoms. The molecule has 4 rings (SSSR count). The van der Waals surface area contributed by atoms with Crippen LogP contribution in [0.3, 0.4) is 0 Å². The van der Waals surface area contributed by atoms with Gasteiger partial charge in [-0.2, -0.15) is 4.57 Å². The Hall–Kier alpha value is -3.68. The normalized spacial score (nSPS) is 16.6. The number of guanidine groups is 1. The molecule has 0 aliphatic carbocycles. The predicted octanol–water partition coefficient (Wildman–Crippen LogP) is 2.28. The highest BCUT2D eigenvalue weighted by molar-refractivity contribution is 5.95. The molecule has 8 nitrogen and oxygen atoms in total. The molecule has 1 aliphatic heterocycles. The van der Waals surface area contributed by atoms with Crippen LogP contribution in [0.1, 0.15) is 30.8 Å². The van der Waals surface area contributed by atoms with Crippen LogP contribution in [-0.2, 0) is 0 Å². The molecule has 6 N–H and O–H groups in total. The van der Waals surface area contributed by atoms with E-state index in [-0.39, 0.29) is 23.8 Å². The van der Waals surface area contributed by atoms with Gasteiger partial charge in [-0.1, -0.05) is 38.1 Å². The Morgan fingerprint density at radius 2 is 2.17 bits per heavy atom. The molecule has 0 saturated heterocycles. The van der Waals surface area contributed by atoms with E-state index in [1.165, 1.54) is 0 Å². The highest BCUT2D eigenvalue weighted by Gasteiger charge is 2.43. The maximum Gasteiger partial charge on any atom is 0.359 e. The Morgan fingerprint density at radius 1 is 1.37 bits per heavy atom. The van der Waals surface area contributed by atoms with E-state index < -0.39 is 0 Å². The molecule has 2 atom stereocenters. The van der Waals surface area contributed by atoms with Gasteiger partial charge in [0.25, 0.3) is 0 Å². The Morgan fingerprint density at radius 3 is 2.93 bits per heavy atom. The van der Waals surface area contributed by atoms with Gasteiger partial charge in [0.15, 0.2) is 17.7 Å². The van der Waals surface area contributed by atoms with Gasteiger partial charge in [0.1, 0.15) is 11.9 Å². The second-order valence-electron chi connectivity index (χ2n) is 7.49. The number of fused-ring (bicyclic) bond motifs is 2. The smallest absolute Gasteiger partial charge is 0.359 e. The molecule has 154 valence electrons. The van der Waals surface area contributed by atoms with Gasteiger partial charge in [0, 0.05) is 28.6 Å². The lowest BCUT2D eigenvalue weighted by molar-refractivity contribution is -0.552. The Bertz CT molecular complexity index is 1160. The summed E-state index contributed by atoms with van der Waals surface area (Å²) in [6.45, 7) is 4.49. The zero-order valence-corrected chi connectivity index (χ0v) is 17.1. The van der Waals surface area contributed by atoms with Gasteiger partial charge in [-0.25, -0.2) is 14.8 Å². The molecular formula is C22H26N7O+. The molecule has 3 aromatic rings. The average molecular weight is 404 g/mol. The summed E-state index contributed by atoms with van der Waals surface area (Å²) < 4.78 is 1.68. The number of hydrogen-bond acceptors (Lipinski definition) is 4. The van der Waals surface area contributed by atoms with E-state index >= 15 is 0 Å². The first-order chi connectivity index (χ1) is 14.5. The summed E-state index contributed by atoms with van der Waals surface area (Å²) in [5, 5.41) is 4.42. The number of nitrogens with two attached hydrogens (primary N) is 2. The lowest BCUT2D eigenvalue weighted by atomic mass is 9.99. The fourth-order valence-corrected chi connectivity index (χ4v) is 3.67. The van der Waals surface area contributed by atoms with Crippen LogP contribution in [0.15, 0.2) is 47.7 Å². The van der Waals surface area contributed by atoms with E-state index in [0.29, 0.717) is 18.1 Å². The maximum atomic E-state index is 13.1. The lowest BCUT2D eigenvalue weighted by Crippen LogP contribution is -2.45. The first kappa shape index (κ1) is 19.6. The number of hydrogen-bond donors (Lipinski definition) is 4. The summed E-state index contributed by atoms with van der Waals surface area (Å²) in [5.41, 5.74) is 14.2. The van der Waals surface area contributed by atoms with Gasteiger partial charge >= 0.3 is 11.7 Å². The number of para-hydroxylation sites is 1. The average Bonchev–Trinajstić information content (AvgIpc) is 3.32. The molecular weight excluding hydrogens is 378 g/mol. The Balaban J connectivity index is 1.82. The van der Waals surface area contributed by atoms with Gasteiger partial charge in [0.2, 0.25) is 0 Å². The number of H-pyrrole nitrogens is 1. The molecule has 1 unspecified atom stereocenters. The summed E-state index contributed by atoms with van der Waals surface area (Å²) >= 11 is 0. The van der Waals surface area contributed by atoms with Crippen molar-refractivity contribution >= 4 is 34.7 Å². The molecule has 2 aromatic heterocycles. The second kappa shape index (κ2) is 7.98. The highest BCUT2D eigenvalue weighted by atomic mass is 16.2. The number of rotatable bonds is 6. The standard InChI is InChI=1S/C22H25N7O/c1-3-13(2)19-21(30)29-12-18(15-11-26-16-8-5-4-7-14(15)16)27-17(20(29)28-19)9-6-10-25-22(23)24/h4-9,11-13,19,26H,3,10H2,1-2H3,(H4,23,24,25)/p+1/b9-6+/t13-,19?/m1/s1. The zero-order chi connectivity index (χ0) is 21.3. The minimum atomic E-state index is -0.278. The quantitative estimate of drug-likeness (QED) is 0.285. The SMILES string of the molecule is CC[C@@H](C)C1Nc2c(/C=C/CN=C(N)N)nc(-c3c[nH]c4ccccc34)c[n+]2C1=O. The van der Waals surface area contributed by atoms with Crippen LogP contribution < -0.4 is 21.4 Å². The van der Waals surface area contributed by atoms with Gasteiger partial charge in [-0.05, 0) is 18.6 Å². The van der Waals surface area contributed by atoms with Gasteiger partial charge in [-0.3, -0.25) is 5.32 Å². The number of nitrogens with zero attached hydrogens (tertiary/aromatic N) is 3. The molecule has 0 amide bonds. The van der Waals surface area contributed by atoms with Crippen molar-refractivity contribution in [2.45, 2.75) is 26.3 Å². The fourth-order valence-electron chi connectivity index (χ4n) is 3.67. The molecule has 0 spiro atoms. The van der Waals surface area contributed by atoms with E-state index in [4.69, 9.17) is 16.5 Å². The summed E-state index contributed by atoms with van der Waals surface area (Å²) in [7, 11) is 0. The van der Waals surface area contributed by atoms with E-state index in [2.05, 4.69) is 29.1 Å². The summed E-state index contributed by atoms with van der Waals surface area (Å²) in [6.07, 6.45) is 8.30. The number of carbonyl (C=O) groups is 1. The van der Waals surface area contributed by atoms with Crippen LogP contribution in [0.2, 0.25) is 0 Å². The second-order valence-corrected chi connectivity index (χ2v) is 7.49. The van der Waals surface area contributed by atoms with Crippen molar-refractivity contribution in [3.05, 3.63) is 48.4 Å². The number of aromatic amines is 1. The summed E-state index contributed by atoms with van der Waals surface area (Å²) in [4.78, 5) is 25.2. The molecule has 0 saturated carbocycles. The number of anilines is 1. The molecule has 1 aromatic carbocycles. The minimum Gasteiger partial charge on any atom is -0.370 e. The van der Waals surface area contributed by atoms with Crippen molar-refractivity contribution < 1.29 is 9.36 Å². The highest BCUT2D eigenvalue weighted by Crippen LogP contribution is 2.29. The predicted molar refractivity (Wildman–Crippen MR) is 119 cm³/mol. The Labute approximate surface area is 174 Å². The third kappa shape index (κ3) is 3.52. The van der Waals surface area contributed by atoms with E-state index in [1.54, 1.807) is 4.57 Å². The number of benzene rings is 1. The Kier molecular flexibility index (Phi) is 5.22. The van der Waals surface area contributed by atoms with Crippen molar-refractivity contribution in [2.75, 3.05) is 11.9 Å². The van der Waals surface area contributed by atoms with E-state index in [0.717, 1.165) is 28.6 Å². The molecule has 3 heterocycles. The van der Waals surface area contributed by atoms with Crippen molar-refractivity contribution in [3.63, 3.8) is 0 Å².